The van der Waals surface area contributed by atoms with Crippen LogP contribution in [-0.4, -0.2) is 24.6 Å². The van der Waals surface area contributed by atoms with Crippen molar-refractivity contribution in [2.45, 2.75) is 26.4 Å². The van der Waals surface area contributed by atoms with Crippen LogP contribution in [0.3, 0.4) is 0 Å². The van der Waals surface area contributed by atoms with E-state index in [-0.39, 0.29) is 16.1 Å². The Bertz CT molecular complexity index is 445. The molecule has 0 unspecified atom stereocenters. The molecule has 0 spiro atoms. The van der Waals surface area contributed by atoms with Gasteiger partial charge in [0.1, 0.15) is 16.2 Å². The van der Waals surface area contributed by atoms with Crippen LogP contribution in [0.1, 0.15) is 41.5 Å². The van der Waals surface area contributed by atoms with E-state index in [0.717, 1.165) is 11.3 Å². The van der Waals surface area contributed by atoms with Gasteiger partial charge < -0.3 is 15.2 Å². The summed E-state index contributed by atoms with van der Waals surface area (Å²) in [7, 11) is 1.23. The molecule has 0 atom stereocenters. The van der Waals surface area contributed by atoms with Crippen molar-refractivity contribution in [2.75, 3.05) is 12.8 Å². The lowest BCUT2D eigenvalue weighted by molar-refractivity contribution is 0.00661. The number of ether oxygens (including phenoxy) is 2. The van der Waals surface area contributed by atoms with Gasteiger partial charge >= 0.3 is 11.9 Å². The van der Waals surface area contributed by atoms with Crippen molar-refractivity contribution in [1.82, 2.24) is 0 Å². The van der Waals surface area contributed by atoms with Gasteiger partial charge in [-0.25, -0.2) is 9.59 Å². The van der Waals surface area contributed by atoms with E-state index in [2.05, 4.69) is 4.74 Å². The number of carbonyl (C=O) groups excluding carboxylic acids is 2. The van der Waals surface area contributed by atoms with Gasteiger partial charge in [-0.3, -0.25) is 0 Å². The first kappa shape index (κ1) is 13.5. The van der Waals surface area contributed by atoms with E-state index in [9.17, 15) is 9.59 Å². The summed E-state index contributed by atoms with van der Waals surface area (Å²) in [6.45, 7) is 5.25. The Kier molecular flexibility index (Phi) is 3.77. The predicted molar refractivity (Wildman–Crippen MR) is 65.2 cm³/mol. The zero-order valence-corrected chi connectivity index (χ0v) is 11.0. The zero-order chi connectivity index (χ0) is 13.2. The van der Waals surface area contributed by atoms with Crippen molar-refractivity contribution in [3.8, 4) is 0 Å². The first-order valence-electron chi connectivity index (χ1n) is 4.95. The minimum atomic E-state index is -0.635. The molecule has 6 heteroatoms. The molecule has 0 saturated carbocycles. The number of esters is 2. The van der Waals surface area contributed by atoms with Crippen molar-refractivity contribution < 1.29 is 19.1 Å². The number of anilines is 1. The fourth-order valence-electron chi connectivity index (χ4n) is 1.17. The van der Waals surface area contributed by atoms with Crippen molar-refractivity contribution in [3.63, 3.8) is 0 Å². The monoisotopic (exact) mass is 257 g/mol. The van der Waals surface area contributed by atoms with Gasteiger partial charge in [0, 0.05) is 5.38 Å². The molecule has 0 aromatic carbocycles. The topological polar surface area (TPSA) is 78.6 Å². The first-order valence-corrected chi connectivity index (χ1v) is 5.83. The molecule has 5 nitrogen and oxygen atoms in total. The predicted octanol–water partition coefficient (Wildman–Crippen LogP) is 2.07. The van der Waals surface area contributed by atoms with Crippen LogP contribution in [0.5, 0.6) is 0 Å². The Labute approximate surface area is 104 Å². The fraction of sp³-hybridized carbons (Fsp3) is 0.455. The lowest BCUT2D eigenvalue weighted by Gasteiger charge is -2.19. The number of hydrogen-bond donors (Lipinski definition) is 1. The summed E-state index contributed by atoms with van der Waals surface area (Å²) in [5, 5.41) is 1.74. The maximum Gasteiger partial charge on any atom is 0.341 e. The maximum atomic E-state index is 11.8. The highest BCUT2D eigenvalue weighted by Gasteiger charge is 2.26. The first-order chi connectivity index (χ1) is 7.76. The van der Waals surface area contributed by atoms with Crippen LogP contribution < -0.4 is 5.73 Å². The summed E-state index contributed by atoms with van der Waals surface area (Å²) in [4.78, 5) is 23.3. The molecule has 0 radical (unpaired) electrons. The van der Waals surface area contributed by atoms with E-state index in [1.807, 2.05) is 0 Å². The van der Waals surface area contributed by atoms with Crippen LogP contribution >= 0.6 is 11.3 Å². The van der Waals surface area contributed by atoms with Crippen molar-refractivity contribution >= 4 is 28.3 Å². The molecule has 0 fully saturated rings. The smallest absolute Gasteiger partial charge is 0.341 e. The number of nitrogen functional groups attached to an aromatic ring is 1. The summed E-state index contributed by atoms with van der Waals surface area (Å²) in [5.74, 6) is -1.21. The van der Waals surface area contributed by atoms with Crippen LogP contribution in [0.15, 0.2) is 5.38 Å². The minimum Gasteiger partial charge on any atom is -0.465 e. The highest BCUT2D eigenvalue weighted by atomic mass is 32.1. The second kappa shape index (κ2) is 4.75. The molecule has 1 aromatic heterocycles. The zero-order valence-electron chi connectivity index (χ0n) is 10.2. The largest absolute Gasteiger partial charge is 0.465 e. The van der Waals surface area contributed by atoms with Gasteiger partial charge in [0.2, 0.25) is 0 Å². The summed E-state index contributed by atoms with van der Waals surface area (Å²) in [5.41, 5.74) is 5.23. The molecular formula is C11H15NO4S. The van der Waals surface area contributed by atoms with Crippen LogP contribution in [0, 0.1) is 0 Å². The Morgan fingerprint density at radius 1 is 1.29 bits per heavy atom. The number of rotatable bonds is 2. The van der Waals surface area contributed by atoms with E-state index in [1.165, 1.54) is 12.5 Å². The molecule has 0 aliphatic rings. The third-order valence-corrected chi connectivity index (χ3v) is 2.64. The average molecular weight is 257 g/mol. The fourth-order valence-corrected chi connectivity index (χ4v) is 1.94. The molecule has 0 bridgehead atoms. The molecule has 0 aliphatic heterocycles. The molecule has 2 N–H and O–H groups in total. The van der Waals surface area contributed by atoms with E-state index < -0.39 is 17.5 Å². The Morgan fingerprint density at radius 3 is 2.35 bits per heavy atom. The SMILES string of the molecule is COC(=O)c1c(C(=O)OC(C)(C)C)csc1N. The third kappa shape index (κ3) is 3.20. The maximum absolute atomic E-state index is 11.8. The van der Waals surface area contributed by atoms with Gasteiger partial charge in [0.05, 0.1) is 12.7 Å². The minimum absolute atomic E-state index is 0.0757. The van der Waals surface area contributed by atoms with Gasteiger partial charge in [-0.1, -0.05) is 0 Å². The van der Waals surface area contributed by atoms with Crippen molar-refractivity contribution in [1.29, 1.82) is 0 Å². The number of carbonyl (C=O) groups is 2. The number of nitrogens with two attached hydrogens (primary N) is 1. The molecule has 0 aliphatic carbocycles. The highest BCUT2D eigenvalue weighted by molar-refractivity contribution is 7.14. The summed E-state index contributed by atoms with van der Waals surface area (Å²) in [6.07, 6.45) is 0. The van der Waals surface area contributed by atoms with Crippen molar-refractivity contribution in [2.24, 2.45) is 0 Å². The number of thiophene rings is 1. The summed E-state index contributed by atoms with van der Waals surface area (Å²) < 4.78 is 9.75. The van der Waals surface area contributed by atoms with E-state index in [0.29, 0.717) is 0 Å². The normalized spacial score (nSPS) is 11.1. The molecular weight excluding hydrogens is 242 g/mol. The van der Waals surface area contributed by atoms with Gasteiger partial charge in [-0.2, -0.15) is 0 Å². The second-order valence-electron chi connectivity index (χ2n) is 4.38. The van der Waals surface area contributed by atoms with Gasteiger partial charge in [-0.15, -0.1) is 11.3 Å². The lowest BCUT2D eigenvalue weighted by atomic mass is 10.1. The molecule has 17 heavy (non-hydrogen) atoms. The van der Waals surface area contributed by atoms with E-state index in [1.54, 1.807) is 20.8 Å². The van der Waals surface area contributed by atoms with Gasteiger partial charge in [-0.05, 0) is 20.8 Å². The summed E-state index contributed by atoms with van der Waals surface area (Å²) >= 11 is 1.11. The average Bonchev–Trinajstić information content (AvgIpc) is 2.56. The van der Waals surface area contributed by atoms with E-state index in [4.69, 9.17) is 10.5 Å². The van der Waals surface area contributed by atoms with Gasteiger partial charge in [0.15, 0.2) is 0 Å². The molecule has 0 saturated heterocycles. The van der Waals surface area contributed by atoms with Crippen LogP contribution in [-0.2, 0) is 9.47 Å². The number of methoxy groups -OCH3 is 1. The van der Waals surface area contributed by atoms with Crippen LogP contribution in [0.4, 0.5) is 5.00 Å². The van der Waals surface area contributed by atoms with Crippen LogP contribution in [0.25, 0.3) is 0 Å². The number of hydrogen-bond acceptors (Lipinski definition) is 6. The summed E-state index contributed by atoms with van der Waals surface area (Å²) in [6, 6.07) is 0. The lowest BCUT2D eigenvalue weighted by Crippen LogP contribution is -2.24. The Morgan fingerprint density at radius 2 is 1.88 bits per heavy atom. The molecule has 1 heterocycles. The van der Waals surface area contributed by atoms with Crippen LogP contribution in [0.2, 0.25) is 0 Å². The highest BCUT2D eigenvalue weighted by Crippen LogP contribution is 2.27. The molecule has 94 valence electrons. The van der Waals surface area contributed by atoms with Gasteiger partial charge in [0.25, 0.3) is 0 Å². The second-order valence-corrected chi connectivity index (χ2v) is 5.29. The van der Waals surface area contributed by atoms with Crippen molar-refractivity contribution in [3.05, 3.63) is 16.5 Å². The third-order valence-electron chi connectivity index (χ3n) is 1.83. The molecule has 1 aromatic rings. The van der Waals surface area contributed by atoms with E-state index >= 15 is 0 Å². The Balaban J connectivity index is 3.07. The Hall–Kier alpha value is -1.56. The molecule has 1 rings (SSSR count). The standard InChI is InChI=1S/C11H15NO4S/c1-11(2,3)16-9(13)6-5-17-8(12)7(6)10(14)15-4/h5H,12H2,1-4H3. The quantitative estimate of drug-likeness (QED) is 0.820. The molecule has 0 amide bonds.